The minimum absolute atomic E-state index is 0.109. The molecule has 0 fully saturated rings. The van der Waals surface area contributed by atoms with Crippen LogP contribution in [0.4, 0.5) is 5.69 Å². The fraction of sp³-hybridized carbons (Fsp3) is 0.167. The Bertz CT molecular complexity index is 570. The minimum atomic E-state index is -0.216. The first-order valence-electron chi connectivity index (χ1n) is 5.33. The van der Waals surface area contributed by atoms with Gasteiger partial charge in [-0.15, -0.1) is 11.3 Å². The third kappa shape index (κ3) is 2.80. The van der Waals surface area contributed by atoms with Crippen LogP contribution in [0.3, 0.4) is 0 Å². The predicted octanol–water partition coefficient (Wildman–Crippen LogP) is 2.87. The second-order valence-electron chi connectivity index (χ2n) is 3.80. The highest BCUT2D eigenvalue weighted by molar-refractivity contribution is 7.16. The quantitative estimate of drug-likeness (QED) is 0.909. The molecule has 0 bridgehead atoms. The highest BCUT2D eigenvalue weighted by Crippen LogP contribution is 2.26. The lowest BCUT2D eigenvalue weighted by molar-refractivity contribution is 0.0941. The van der Waals surface area contributed by atoms with E-state index in [-0.39, 0.29) is 11.9 Å². The number of nitrogens with one attached hydrogen (secondary N) is 1. The van der Waals surface area contributed by atoms with Gasteiger partial charge in [0.2, 0.25) is 0 Å². The Morgan fingerprint density at radius 1 is 1.50 bits per heavy atom. The van der Waals surface area contributed by atoms with Crippen LogP contribution in [-0.4, -0.2) is 10.9 Å². The predicted molar refractivity (Wildman–Crippen MR) is 73.9 cm³/mol. The average Bonchev–Trinajstić information content (AvgIpc) is 2.76. The molecule has 0 aliphatic carbocycles. The number of carbonyl (C=O) groups excluding carboxylic acids is 1. The zero-order valence-corrected chi connectivity index (χ0v) is 11.3. The Hall–Kier alpha value is -1.59. The average molecular weight is 282 g/mol. The monoisotopic (exact) mass is 281 g/mol. The summed E-state index contributed by atoms with van der Waals surface area (Å²) in [5, 5.41) is 2.87. The molecule has 6 heteroatoms. The van der Waals surface area contributed by atoms with E-state index >= 15 is 0 Å². The molecule has 0 radical (unpaired) electrons. The second-order valence-corrected chi connectivity index (χ2v) is 5.55. The number of amides is 1. The van der Waals surface area contributed by atoms with Crippen LogP contribution in [0.25, 0.3) is 0 Å². The van der Waals surface area contributed by atoms with Crippen molar-refractivity contribution >= 4 is 34.5 Å². The molecule has 0 saturated heterocycles. The second kappa shape index (κ2) is 5.37. The highest BCUT2D eigenvalue weighted by atomic mass is 35.5. The molecular weight excluding hydrogens is 270 g/mol. The summed E-state index contributed by atoms with van der Waals surface area (Å²) in [6.07, 6.45) is 3.00. The number of hydrogen-bond acceptors (Lipinski definition) is 4. The van der Waals surface area contributed by atoms with Crippen molar-refractivity contribution < 1.29 is 4.79 Å². The Labute approximate surface area is 114 Å². The molecule has 1 atom stereocenters. The molecule has 3 N–H and O–H groups in total. The molecule has 2 heterocycles. The number of aromatic nitrogens is 1. The van der Waals surface area contributed by atoms with Gasteiger partial charge in [-0.05, 0) is 25.1 Å². The largest absolute Gasteiger partial charge is 0.397 e. The van der Waals surface area contributed by atoms with E-state index in [0.717, 1.165) is 4.88 Å². The van der Waals surface area contributed by atoms with Gasteiger partial charge in [-0.1, -0.05) is 11.6 Å². The van der Waals surface area contributed by atoms with Crippen molar-refractivity contribution in [2.45, 2.75) is 13.0 Å². The summed E-state index contributed by atoms with van der Waals surface area (Å²) in [4.78, 5) is 16.9. The van der Waals surface area contributed by atoms with Crippen LogP contribution in [0.1, 0.15) is 28.2 Å². The first-order chi connectivity index (χ1) is 8.58. The summed E-state index contributed by atoms with van der Waals surface area (Å²) in [5.41, 5.74) is 6.50. The maximum atomic E-state index is 12.0. The summed E-state index contributed by atoms with van der Waals surface area (Å²) in [6, 6.07) is 5.19. The van der Waals surface area contributed by atoms with Gasteiger partial charge in [-0.2, -0.15) is 0 Å². The van der Waals surface area contributed by atoms with Gasteiger partial charge in [-0.3, -0.25) is 9.78 Å². The third-order valence-corrected chi connectivity index (χ3v) is 3.88. The number of thiophene rings is 1. The van der Waals surface area contributed by atoms with Crippen LogP contribution >= 0.6 is 22.9 Å². The number of hydrogen-bond donors (Lipinski definition) is 2. The van der Waals surface area contributed by atoms with Crippen molar-refractivity contribution in [3.05, 3.63) is 45.4 Å². The van der Waals surface area contributed by atoms with Crippen LogP contribution in [0.15, 0.2) is 30.6 Å². The molecule has 1 amide bonds. The van der Waals surface area contributed by atoms with Gasteiger partial charge in [0.05, 0.1) is 27.8 Å². The summed E-state index contributed by atoms with van der Waals surface area (Å²) in [7, 11) is 0. The molecule has 0 saturated carbocycles. The summed E-state index contributed by atoms with van der Waals surface area (Å²) >= 11 is 7.31. The van der Waals surface area contributed by atoms with E-state index in [4.69, 9.17) is 17.3 Å². The first kappa shape index (κ1) is 12.9. The smallest absolute Gasteiger partial charge is 0.253 e. The number of halogens is 1. The van der Waals surface area contributed by atoms with Crippen molar-refractivity contribution in [2.75, 3.05) is 5.73 Å². The summed E-state index contributed by atoms with van der Waals surface area (Å²) < 4.78 is 0.703. The van der Waals surface area contributed by atoms with Crippen LogP contribution in [0.5, 0.6) is 0 Å². The number of rotatable bonds is 3. The Kier molecular flexibility index (Phi) is 3.84. The Morgan fingerprint density at radius 3 is 2.89 bits per heavy atom. The van der Waals surface area contributed by atoms with Gasteiger partial charge in [0.1, 0.15) is 0 Å². The lowest BCUT2D eigenvalue weighted by Crippen LogP contribution is -2.26. The molecule has 4 nitrogen and oxygen atoms in total. The standard InChI is InChI=1S/C12H12ClN3OS/c1-7(10-2-3-11(13)18-10)16-12(17)8-4-5-15-6-9(8)14/h2-7H,14H2,1H3,(H,16,17). The van der Waals surface area contributed by atoms with Crippen molar-refractivity contribution in [3.8, 4) is 0 Å². The zero-order chi connectivity index (χ0) is 13.1. The molecule has 2 aromatic rings. The lowest BCUT2D eigenvalue weighted by atomic mass is 10.2. The van der Waals surface area contributed by atoms with Gasteiger partial charge >= 0.3 is 0 Å². The SMILES string of the molecule is CC(NC(=O)c1ccncc1N)c1ccc(Cl)s1. The van der Waals surface area contributed by atoms with Crippen LogP contribution < -0.4 is 11.1 Å². The molecular formula is C12H12ClN3OS. The number of carbonyl (C=O) groups is 1. The molecule has 1 unspecified atom stereocenters. The van der Waals surface area contributed by atoms with E-state index in [1.165, 1.54) is 23.7 Å². The van der Waals surface area contributed by atoms with E-state index < -0.39 is 0 Å². The maximum absolute atomic E-state index is 12.0. The Balaban J connectivity index is 2.10. The molecule has 2 rings (SSSR count). The minimum Gasteiger partial charge on any atom is -0.397 e. The third-order valence-electron chi connectivity index (χ3n) is 2.46. The van der Waals surface area contributed by atoms with Gasteiger partial charge in [0.15, 0.2) is 0 Å². The van der Waals surface area contributed by atoms with Gasteiger partial charge < -0.3 is 11.1 Å². The van der Waals surface area contributed by atoms with E-state index in [1.807, 2.05) is 19.1 Å². The number of nitrogen functional groups attached to an aromatic ring is 1. The number of nitrogens with two attached hydrogens (primary N) is 1. The fourth-order valence-corrected chi connectivity index (χ4v) is 2.58. The first-order valence-corrected chi connectivity index (χ1v) is 6.53. The van der Waals surface area contributed by atoms with Crippen LogP contribution in [-0.2, 0) is 0 Å². The van der Waals surface area contributed by atoms with E-state index in [1.54, 1.807) is 6.07 Å². The summed E-state index contributed by atoms with van der Waals surface area (Å²) in [5.74, 6) is -0.216. The number of pyridine rings is 1. The Morgan fingerprint density at radius 2 is 2.28 bits per heavy atom. The van der Waals surface area contributed by atoms with Crippen LogP contribution in [0.2, 0.25) is 4.34 Å². The van der Waals surface area contributed by atoms with E-state index in [0.29, 0.717) is 15.6 Å². The molecule has 0 spiro atoms. The van der Waals surface area contributed by atoms with E-state index in [2.05, 4.69) is 10.3 Å². The normalized spacial score (nSPS) is 12.1. The number of anilines is 1. The highest BCUT2D eigenvalue weighted by Gasteiger charge is 2.14. The van der Waals surface area contributed by atoms with Crippen molar-refractivity contribution in [1.82, 2.24) is 10.3 Å². The van der Waals surface area contributed by atoms with Gasteiger partial charge in [-0.25, -0.2) is 0 Å². The summed E-state index contributed by atoms with van der Waals surface area (Å²) in [6.45, 7) is 1.90. The van der Waals surface area contributed by atoms with Crippen molar-refractivity contribution in [3.63, 3.8) is 0 Å². The maximum Gasteiger partial charge on any atom is 0.253 e. The molecule has 0 aromatic carbocycles. The van der Waals surface area contributed by atoms with Gasteiger partial charge in [0.25, 0.3) is 5.91 Å². The zero-order valence-electron chi connectivity index (χ0n) is 9.68. The molecule has 94 valence electrons. The van der Waals surface area contributed by atoms with Crippen LogP contribution in [0, 0.1) is 0 Å². The molecule has 2 aromatic heterocycles. The molecule has 0 aliphatic heterocycles. The van der Waals surface area contributed by atoms with Crippen molar-refractivity contribution in [1.29, 1.82) is 0 Å². The fourth-order valence-electron chi connectivity index (χ4n) is 1.52. The molecule has 18 heavy (non-hydrogen) atoms. The molecule has 0 aliphatic rings. The number of nitrogens with zero attached hydrogens (tertiary/aromatic N) is 1. The van der Waals surface area contributed by atoms with Gasteiger partial charge in [0, 0.05) is 11.1 Å². The lowest BCUT2D eigenvalue weighted by Gasteiger charge is -2.12. The van der Waals surface area contributed by atoms with Crippen molar-refractivity contribution in [2.24, 2.45) is 0 Å². The topological polar surface area (TPSA) is 68.0 Å². The van der Waals surface area contributed by atoms with E-state index in [9.17, 15) is 4.79 Å².